The Balaban J connectivity index is 2.65. The van der Waals surface area contributed by atoms with Crippen LogP contribution in [-0.2, 0) is 0 Å². The molecule has 1 fully saturated rings. The molecule has 0 aromatic rings. The molecule has 0 radical (unpaired) electrons. The summed E-state index contributed by atoms with van der Waals surface area (Å²) in [5.74, 6) is 1.72. The molecule has 0 amide bonds. The Bertz CT molecular complexity index is 229. The van der Waals surface area contributed by atoms with Gasteiger partial charge in [0.25, 0.3) is 0 Å². The van der Waals surface area contributed by atoms with Crippen molar-refractivity contribution in [3.05, 3.63) is 0 Å². The Morgan fingerprint density at radius 3 is 2.56 bits per heavy atom. The summed E-state index contributed by atoms with van der Waals surface area (Å²) in [6, 6.07) is 0. The Morgan fingerprint density at radius 1 is 1.28 bits per heavy atom. The lowest BCUT2D eigenvalue weighted by Crippen LogP contribution is -2.53. The molecule has 2 N–H and O–H groups in total. The molecule has 0 bridgehead atoms. The fourth-order valence-corrected chi connectivity index (χ4v) is 3.40. The molecule has 18 heavy (non-hydrogen) atoms. The summed E-state index contributed by atoms with van der Waals surface area (Å²) < 4.78 is 0. The number of nitrogens with two attached hydrogens (primary N) is 1. The van der Waals surface area contributed by atoms with Gasteiger partial charge in [-0.1, -0.05) is 46.5 Å². The van der Waals surface area contributed by atoms with Gasteiger partial charge in [0.05, 0.1) is 0 Å². The number of hydrogen-bond donors (Lipinski definition) is 1. The maximum atomic E-state index is 6.17. The molecule has 0 spiro atoms. The molecule has 0 aromatic carbocycles. The highest BCUT2D eigenvalue weighted by molar-refractivity contribution is 4.93. The third-order valence-electron chi connectivity index (χ3n) is 5.32. The van der Waals surface area contributed by atoms with Crippen LogP contribution in [0, 0.1) is 11.8 Å². The first-order valence-corrected chi connectivity index (χ1v) is 7.99. The van der Waals surface area contributed by atoms with Crippen molar-refractivity contribution in [3.8, 4) is 0 Å². The first-order chi connectivity index (χ1) is 8.57. The SMILES string of the molecule is CCC(C)CN(C)C1(CN)CCCC(CC)CC1. The van der Waals surface area contributed by atoms with Crippen molar-refractivity contribution in [1.29, 1.82) is 0 Å². The molecule has 2 heteroatoms. The van der Waals surface area contributed by atoms with Gasteiger partial charge in [-0.2, -0.15) is 0 Å². The van der Waals surface area contributed by atoms with E-state index in [4.69, 9.17) is 5.73 Å². The molecule has 0 saturated heterocycles. The topological polar surface area (TPSA) is 29.3 Å². The van der Waals surface area contributed by atoms with Crippen molar-refractivity contribution in [2.24, 2.45) is 17.6 Å². The molecule has 0 aliphatic heterocycles. The van der Waals surface area contributed by atoms with Gasteiger partial charge < -0.3 is 5.73 Å². The van der Waals surface area contributed by atoms with E-state index < -0.39 is 0 Å². The van der Waals surface area contributed by atoms with E-state index in [-0.39, 0.29) is 5.54 Å². The van der Waals surface area contributed by atoms with Crippen molar-refractivity contribution < 1.29 is 0 Å². The van der Waals surface area contributed by atoms with Crippen LogP contribution < -0.4 is 5.73 Å². The molecule has 108 valence electrons. The van der Waals surface area contributed by atoms with Crippen LogP contribution in [0.4, 0.5) is 0 Å². The van der Waals surface area contributed by atoms with E-state index in [0.29, 0.717) is 0 Å². The smallest absolute Gasteiger partial charge is 0.0328 e. The van der Waals surface area contributed by atoms with Gasteiger partial charge in [-0.3, -0.25) is 4.90 Å². The van der Waals surface area contributed by atoms with Crippen LogP contribution >= 0.6 is 0 Å². The van der Waals surface area contributed by atoms with E-state index in [9.17, 15) is 0 Å². The molecular formula is C16H34N2. The van der Waals surface area contributed by atoms with Gasteiger partial charge in [0.1, 0.15) is 0 Å². The molecule has 1 saturated carbocycles. The maximum Gasteiger partial charge on any atom is 0.0328 e. The van der Waals surface area contributed by atoms with Crippen LogP contribution in [0.25, 0.3) is 0 Å². The summed E-state index contributed by atoms with van der Waals surface area (Å²) in [4.78, 5) is 2.58. The van der Waals surface area contributed by atoms with E-state index in [1.165, 1.54) is 51.5 Å². The lowest BCUT2D eigenvalue weighted by Gasteiger charge is -2.42. The van der Waals surface area contributed by atoms with Gasteiger partial charge in [0.2, 0.25) is 0 Å². The number of likely N-dealkylation sites (N-methyl/N-ethyl adjacent to an activating group) is 1. The minimum Gasteiger partial charge on any atom is -0.329 e. The van der Waals surface area contributed by atoms with E-state index in [2.05, 4.69) is 32.7 Å². The highest BCUT2D eigenvalue weighted by Gasteiger charge is 2.35. The van der Waals surface area contributed by atoms with E-state index >= 15 is 0 Å². The van der Waals surface area contributed by atoms with Crippen molar-refractivity contribution in [2.45, 2.75) is 71.3 Å². The first kappa shape index (κ1) is 16.0. The Labute approximate surface area is 114 Å². The maximum absolute atomic E-state index is 6.17. The van der Waals surface area contributed by atoms with Gasteiger partial charge in [-0.05, 0) is 38.1 Å². The molecule has 2 nitrogen and oxygen atoms in total. The Hall–Kier alpha value is -0.0800. The van der Waals surface area contributed by atoms with Gasteiger partial charge in [0.15, 0.2) is 0 Å². The standard InChI is InChI=1S/C16H34N2/c1-5-14(3)12-18(4)16(13-17)10-7-8-15(6-2)9-11-16/h14-15H,5-13,17H2,1-4H3. The van der Waals surface area contributed by atoms with E-state index in [1.807, 2.05) is 0 Å². The number of rotatable bonds is 6. The quantitative estimate of drug-likeness (QED) is 0.733. The molecular weight excluding hydrogens is 220 g/mol. The molecule has 1 aliphatic carbocycles. The lowest BCUT2D eigenvalue weighted by atomic mass is 9.87. The second kappa shape index (κ2) is 7.49. The van der Waals surface area contributed by atoms with Crippen LogP contribution in [0.15, 0.2) is 0 Å². The van der Waals surface area contributed by atoms with E-state index in [0.717, 1.165) is 18.4 Å². The van der Waals surface area contributed by atoms with Crippen molar-refractivity contribution in [3.63, 3.8) is 0 Å². The number of hydrogen-bond acceptors (Lipinski definition) is 2. The molecule has 3 atom stereocenters. The monoisotopic (exact) mass is 254 g/mol. The second-order valence-corrected chi connectivity index (χ2v) is 6.53. The minimum absolute atomic E-state index is 0.285. The third-order valence-corrected chi connectivity index (χ3v) is 5.32. The van der Waals surface area contributed by atoms with Crippen LogP contribution in [0.2, 0.25) is 0 Å². The van der Waals surface area contributed by atoms with Crippen LogP contribution in [-0.4, -0.2) is 30.6 Å². The summed E-state index contributed by atoms with van der Waals surface area (Å²) in [5, 5.41) is 0. The summed E-state index contributed by atoms with van der Waals surface area (Å²) in [5.41, 5.74) is 6.46. The normalized spacial score (nSPS) is 31.3. The van der Waals surface area contributed by atoms with Gasteiger partial charge in [-0.15, -0.1) is 0 Å². The van der Waals surface area contributed by atoms with Crippen molar-refractivity contribution in [1.82, 2.24) is 4.90 Å². The summed E-state index contributed by atoms with van der Waals surface area (Å²) in [6.07, 6.45) is 9.36. The first-order valence-electron chi connectivity index (χ1n) is 7.99. The predicted octanol–water partition coefficient (Wildman–Crippen LogP) is 3.65. The summed E-state index contributed by atoms with van der Waals surface area (Å²) >= 11 is 0. The minimum atomic E-state index is 0.285. The molecule has 1 rings (SSSR count). The van der Waals surface area contributed by atoms with Gasteiger partial charge >= 0.3 is 0 Å². The van der Waals surface area contributed by atoms with Crippen LogP contribution in [0.3, 0.4) is 0 Å². The largest absolute Gasteiger partial charge is 0.329 e. The average Bonchev–Trinajstić information content (AvgIpc) is 2.61. The number of nitrogens with zero attached hydrogens (tertiary/aromatic N) is 1. The lowest BCUT2D eigenvalue weighted by molar-refractivity contribution is 0.0899. The van der Waals surface area contributed by atoms with E-state index in [1.54, 1.807) is 0 Å². The van der Waals surface area contributed by atoms with Crippen LogP contribution in [0.5, 0.6) is 0 Å². The molecule has 3 unspecified atom stereocenters. The fraction of sp³-hybridized carbons (Fsp3) is 1.00. The fourth-order valence-electron chi connectivity index (χ4n) is 3.40. The van der Waals surface area contributed by atoms with Gasteiger partial charge in [-0.25, -0.2) is 0 Å². The predicted molar refractivity (Wildman–Crippen MR) is 80.7 cm³/mol. The zero-order valence-corrected chi connectivity index (χ0v) is 13.0. The summed E-state index contributed by atoms with van der Waals surface area (Å²) in [6.45, 7) is 9.00. The highest BCUT2D eigenvalue weighted by atomic mass is 15.2. The third kappa shape index (κ3) is 3.96. The second-order valence-electron chi connectivity index (χ2n) is 6.53. The molecule has 0 heterocycles. The molecule has 0 aromatic heterocycles. The zero-order chi connectivity index (χ0) is 13.6. The van der Waals surface area contributed by atoms with Crippen molar-refractivity contribution in [2.75, 3.05) is 20.1 Å². The Kier molecular flexibility index (Phi) is 6.65. The van der Waals surface area contributed by atoms with Crippen molar-refractivity contribution >= 4 is 0 Å². The van der Waals surface area contributed by atoms with Crippen LogP contribution in [0.1, 0.15) is 65.7 Å². The Morgan fingerprint density at radius 2 is 2.00 bits per heavy atom. The van der Waals surface area contributed by atoms with Gasteiger partial charge in [0, 0.05) is 18.6 Å². The average molecular weight is 254 g/mol. The highest BCUT2D eigenvalue weighted by Crippen LogP contribution is 2.35. The zero-order valence-electron chi connectivity index (χ0n) is 13.0. The molecule has 1 aliphatic rings. The summed E-state index contributed by atoms with van der Waals surface area (Å²) in [7, 11) is 2.30.